The number of allylic oxidation sites excluding steroid dienone is 3. The molecule has 0 heterocycles. The molecule has 248 valence electrons. The van der Waals surface area contributed by atoms with Crippen LogP contribution < -0.4 is 5.32 Å². The zero-order valence-electron chi connectivity index (χ0n) is 27.7. The number of likely N-dealkylation sites (N-methyl/N-ethyl adjacent to an activating group) is 1. The summed E-state index contributed by atoms with van der Waals surface area (Å²) in [5.74, 6) is -0.208. The number of aliphatic hydroxyl groups excluding tert-OH is 1. The van der Waals surface area contributed by atoms with E-state index >= 15 is 0 Å². The highest BCUT2D eigenvalue weighted by Crippen LogP contribution is 2.43. The van der Waals surface area contributed by atoms with Crippen molar-refractivity contribution < 1.29 is 32.9 Å². The molecule has 42 heavy (non-hydrogen) atoms. The SMILES string of the molecule is CCCCCCCCCCCC/C=C/CC/C=C/C(O)C(COP(=O)(O)OCC[N+](C)(C)C)NC(=O)CCCCCC. The standard InChI is InChI=1S/C33H65N2O6P/c1-6-8-10-12-13-14-15-16-17-18-19-20-21-22-23-24-26-32(36)31(34-33(37)27-25-11-9-7-2)30-41-42(38,39)40-29-28-35(3,4)5/h20-21,24,26,31-32,36H,6-19,22-23,25,27-30H2,1-5H3,(H-,34,37,38,39)/p+1/b21-20+,26-24+. The van der Waals surface area contributed by atoms with E-state index in [2.05, 4.69) is 31.3 Å². The minimum Gasteiger partial charge on any atom is -0.387 e. The average molecular weight is 618 g/mol. The summed E-state index contributed by atoms with van der Waals surface area (Å²) in [6, 6.07) is -0.853. The molecular formula is C33H66N2O6P+. The Bertz CT molecular complexity index is 753. The van der Waals surface area contributed by atoms with Gasteiger partial charge in [0.15, 0.2) is 0 Å². The van der Waals surface area contributed by atoms with Gasteiger partial charge in [-0.25, -0.2) is 4.57 Å². The van der Waals surface area contributed by atoms with Crippen LogP contribution >= 0.6 is 7.82 Å². The lowest BCUT2D eigenvalue weighted by molar-refractivity contribution is -0.870. The summed E-state index contributed by atoms with van der Waals surface area (Å²) >= 11 is 0. The second kappa shape index (κ2) is 26.4. The summed E-state index contributed by atoms with van der Waals surface area (Å²) < 4.78 is 23.2. The lowest BCUT2D eigenvalue weighted by Crippen LogP contribution is -2.45. The highest BCUT2D eigenvalue weighted by molar-refractivity contribution is 7.47. The molecule has 9 heteroatoms. The van der Waals surface area contributed by atoms with Crippen LogP contribution in [0.4, 0.5) is 0 Å². The number of amides is 1. The normalized spacial score (nSPS) is 15.3. The first-order valence-corrected chi connectivity index (χ1v) is 18.2. The molecule has 0 rings (SSSR count). The van der Waals surface area contributed by atoms with Gasteiger partial charge in [0.2, 0.25) is 5.91 Å². The van der Waals surface area contributed by atoms with E-state index in [1.807, 2.05) is 27.2 Å². The molecule has 3 atom stereocenters. The Kier molecular flexibility index (Phi) is 25.7. The van der Waals surface area contributed by atoms with E-state index < -0.39 is 20.0 Å². The number of quaternary nitrogens is 1. The number of phosphoric ester groups is 1. The number of unbranched alkanes of at least 4 members (excludes halogenated alkanes) is 14. The first-order chi connectivity index (χ1) is 20.0. The third-order valence-corrected chi connectivity index (χ3v) is 8.16. The van der Waals surface area contributed by atoms with E-state index in [0.717, 1.165) is 44.9 Å². The molecule has 0 aliphatic carbocycles. The number of rotatable bonds is 29. The smallest absolute Gasteiger partial charge is 0.387 e. The Balaban J connectivity index is 4.48. The van der Waals surface area contributed by atoms with Gasteiger partial charge in [-0.15, -0.1) is 0 Å². The first kappa shape index (κ1) is 41.0. The molecule has 0 fully saturated rings. The van der Waals surface area contributed by atoms with Crippen molar-refractivity contribution >= 4 is 13.7 Å². The van der Waals surface area contributed by atoms with Crippen molar-refractivity contribution in [1.82, 2.24) is 5.32 Å². The molecule has 0 aromatic carbocycles. The highest BCUT2D eigenvalue weighted by atomic mass is 31.2. The number of hydrogen-bond acceptors (Lipinski definition) is 5. The lowest BCUT2D eigenvalue weighted by Gasteiger charge is -2.25. The molecule has 0 radical (unpaired) electrons. The maximum Gasteiger partial charge on any atom is 0.472 e. The third kappa shape index (κ3) is 27.8. The van der Waals surface area contributed by atoms with Gasteiger partial charge in [0.05, 0.1) is 39.9 Å². The van der Waals surface area contributed by atoms with Crippen molar-refractivity contribution in [3.05, 3.63) is 24.3 Å². The van der Waals surface area contributed by atoms with Crippen LogP contribution in [0.5, 0.6) is 0 Å². The van der Waals surface area contributed by atoms with Crippen molar-refractivity contribution in [3.63, 3.8) is 0 Å². The summed E-state index contributed by atoms with van der Waals surface area (Å²) in [6.07, 6.45) is 27.3. The number of carbonyl (C=O) groups excluding carboxylic acids is 1. The summed E-state index contributed by atoms with van der Waals surface area (Å²) in [7, 11) is 1.55. The molecule has 0 bridgehead atoms. The van der Waals surface area contributed by atoms with Crippen LogP contribution in [0.1, 0.15) is 129 Å². The predicted octanol–water partition coefficient (Wildman–Crippen LogP) is 7.85. The molecule has 3 N–H and O–H groups in total. The van der Waals surface area contributed by atoms with Crippen LogP contribution in [-0.2, 0) is 18.4 Å². The van der Waals surface area contributed by atoms with Crippen LogP contribution in [0.15, 0.2) is 24.3 Å². The molecule has 1 amide bonds. The van der Waals surface area contributed by atoms with E-state index in [9.17, 15) is 19.4 Å². The number of phosphoric acid groups is 1. The molecule has 0 aromatic heterocycles. The lowest BCUT2D eigenvalue weighted by atomic mass is 10.1. The second-order valence-electron chi connectivity index (χ2n) is 12.5. The summed E-state index contributed by atoms with van der Waals surface area (Å²) in [5, 5.41) is 13.5. The van der Waals surface area contributed by atoms with Crippen LogP contribution in [0, 0.1) is 0 Å². The monoisotopic (exact) mass is 617 g/mol. The number of nitrogens with one attached hydrogen (secondary N) is 1. The second-order valence-corrected chi connectivity index (χ2v) is 14.0. The predicted molar refractivity (Wildman–Crippen MR) is 175 cm³/mol. The minimum atomic E-state index is -4.32. The van der Waals surface area contributed by atoms with Gasteiger partial charge in [0.25, 0.3) is 0 Å². The summed E-state index contributed by atoms with van der Waals surface area (Å²) in [4.78, 5) is 22.6. The Morgan fingerprint density at radius 1 is 0.786 bits per heavy atom. The third-order valence-electron chi connectivity index (χ3n) is 7.17. The number of carbonyl (C=O) groups is 1. The van der Waals surface area contributed by atoms with Gasteiger partial charge in [0, 0.05) is 6.42 Å². The van der Waals surface area contributed by atoms with Gasteiger partial charge in [-0.2, -0.15) is 0 Å². The quantitative estimate of drug-likeness (QED) is 0.0342. The highest BCUT2D eigenvalue weighted by Gasteiger charge is 2.27. The Morgan fingerprint density at radius 2 is 1.31 bits per heavy atom. The van der Waals surface area contributed by atoms with Crippen molar-refractivity contribution in [1.29, 1.82) is 0 Å². The number of nitrogens with zero attached hydrogens (tertiary/aromatic N) is 1. The van der Waals surface area contributed by atoms with Gasteiger partial charge >= 0.3 is 7.82 Å². The van der Waals surface area contributed by atoms with Crippen LogP contribution in [0.2, 0.25) is 0 Å². The fourth-order valence-corrected chi connectivity index (χ4v) is 5.14. The molecule has 0 aliphatic rings. The van der Waals surface area contributed by atoms with Crippen molar-refractivity contribution in [2.24, 2.45) is 0 Å². The first-order valence-electron chi connectivity index (χ1n) is 16.7. The van der Waals surface area contributed by atoms with Crippen LogP contribution in [0.25, 0.3) is 0 Å². The van der Waals surface area contributed by atoms with Gasteiger partial charge in [-0.1, -0.05) is 115 Å². The largest absolute Gasteiger partial charge is 0.472 e. The fraction of sp³-hybridized carbons (Fsp3) is 0.848. The van der Waals surface area contributed by atoms with Crippen molar-refractivity contribution in [2.75, 3.05) is 40.9 Å². The molecule has 0 saturated heterocycles. The van der Waals surface area contributed by atoms with E-state index in [1.165, 1.54) is 64.2 Å². The van der Waals surface area contributed by atoms with Gasteiger partial charge in [-0.05, 0) is 32.1 Å². The summed E-state index contributed by atoms with van der Waals surface area (Å²) in [6.45, 7) is 4.63. The zero-order chi connectivity index (χ0) is 31.5. The van der Waals surface area contributed by atoms with E-state index in [4.69, 9.17) is 9.05 Å². The fourth-order valence-electron chi connectivity index (χ4n) is 4.41. The minimum absolute atomic E-state index is 0.0564. The Hall–Kier alpha value is -1.02. The molecule has 8 nitrogen and oxygen atoms in total. The zero-order valence-corrected chi connectivity index (χ0v) is 28.6. The molecule has 3 unspecified atom stereocenters. The molecule has 0 aromatic rings. The Morgan fingerprint density at radius 3 is 1.90 bits per heavy atom. The van der Waals surface area contributed by atoms with Gasteiger partial charge in [0.1, 0.15) is 13.2 Å². The van der Waals surface area contributed by atoms with Crippen LogP contribution in [0.3, 0.4) is 0 Å². The maximum atomic E-state index is 12.5. The number of hydrogen-bond donors (Lipinski definition) is 3. The number of aliphatic hydroxyl groups is 1. The van der Waals surface area contributed by atoms with E-state index in [0.29, 0.717) is 17.4 Å². The topological polar surface area (TPSA) is 105 Å². The maximum absolute atomic E-state index is 12.5. The molecule has 0 spiro atoms. The van der Waals surface area contributed by atoms with Crippen molar-refractivity contribution in [3.8, 4) is 0 Å². The molecular weight excluding hydrogens is 551 g/mol. The molecule has 0 aliphatic heterocycles. The van der Waals surface area contributed by atoms with Gasteiger partial charge in [-0.3, -0.25) is 13.8 Å². The van der Waals surface area contributed by atoms with E-state index in [-0.39, 0.29) is 19.1 Å². The summed E-state index contributed by atoms with van der Waals surface area (Å²) in [5.41, 5.74) is 0. The van der Waals surface area contributed by atoms with Crippen LogP contribution in [-0.4, -0.2) is 73.4 Å². The molecule has 0 saturated carbocycles. The Labute approximate surface area is 258 Å². The average Bonchev–Trinajstić information content (AvgIpc) is 2.92. The van der Waals surface area contributed by atoms with Crippen molar-refractivity contribution in [2.45, 2.75) is 142 Å². The van der Waals surface area contributed by atoms with Gasteiger partial charge < -0.3 is 19.8 Å². The van der Waals surface area contributed by atoms with E-state index in [1.54, 1.807) is 6.08 Å².